The molecule has 1 amide bonds. The largest absolute Gasteiger partial charge is 0.442 e. The third-order valence-corrected chi connectivity index (χ3v) is 4.10. The number of carbonyl (C=O) groups is 1. The predicted octanol–water partition coefficient (Wildman–Crippen LogP) is 2.20. The lowest BCUT2D eigenvalue weighted by atomic mass is 10.0. The monoisotopic (exact) mass is 361 g/mol. The van der Waals surface area contributed by atoms with Crippen LogP contribution in [0.15, 0.2) is 35.5 Å². The minimum Gasteiger partial charge on any atom is -0.442 e. The van der Waals surface area contributed by atoms with Gasteiger partial charge in [0.25, 0.3) is 5.91 Å². The zero-order valence-electron chi connectivity index (χ0n) is 14.6. The van der Waals surface area contributed by atoms with E-state index in [0.29, 0.717) is 22.3 Å². The van der Waals surface area contributed by atoms with Crippen molar-refractivity contribution in [3.8, 4) is 6.07 Å². The molecule has 0 unspecified atom stereocenters. The van der Waals surface area contributed by atoms with E-state index in [-0.39, 0.29) is 28.7 Å². The van der Waals surface area contributed by atoms with E-state index in [2.05, 4.69) is 20.3 Å². The van der Waals surface area contributed by atoms with Crippen molar-refractivity contribution in [1.82, 2.24) is 15.0 Å². The van der Waals surface area contributed by atoms with Crippen molar-refractivity contribution in [2.24, 2.45) is 0 Å². The Morgan fingerprint density at radius 1 is 1.26 bits per heavy atom. The Morgan fingerprint density at radius 2 is 2.04 bits per heavy atom. The Hall–Kier alpha value is -4.06. The molecule has 0 aliphatic rings. The highest BCUT2D eigenvalue weighted by Gasteiger charge is 2.17. The summed E-state index contributed by atoms with van der Waals surface area (Å²) in [5.41, 5.74) is 8.42. The molecule has 0 aliphatic heterocycles. The third kappa shape index (κ3) is 3.36. The number of aromatic nitrogens is 3. The number of carbonyl (C=O) groups excluding carboxylic acids is 1. The minimum absolute atomic E-state index is 0.0198. The first-order chi connectivity index (χ1) is 12.9. The van der Waals surface area contributed by atoms with E-state index in [4.69, 9.17) is 20.8 Å². The van der Waals surface area contributed by atoms with E-state index >= 15 is 0 Å². The molecular formula is C18H15N7O2. The second-order valence-electron chi connectivity index (χ2n) is 5.73. The number of hydrogen-bond donors (Lipinski definition) is 3. The molecule has 0 spiro atoms. The van der Waals surface area contributed by atoms with E-state index in [1.165, 1.54) is 31.1 Å². The van der Waals surface area contributed by atoms with E-state index in [1.807, 2.05) is 6.07 Å². The van der Waals surface area contributed by atoms with Crippen LogP contribution in [0.1, 0.15) is 38.5 Å². The van der Waals surface area contributed by atoms with Crippen LogP contribution < -0.4 is 11.1 Å². The highest BCUT2D eigenvalue weighted by atomic mass is 16.3. The molecule has 0 saturated heterocycles. The fourth-order valence-corrected chi connectivity index (χ4v) is 2.44. The van der Waals surface area contributed by atoms with E-state index in [1.54, 1.807) is 13.8 Å². The van der Waals surface area contributed by atoms with Crippen LogP contribution in [0, 0.1) is 30.6 Å². The van der Waals surface area contributed by atoms with Crippen LogP contribution in [0.4, 0.5) is 11.5 Å². The lowest BCUT2D eigenvalue weighted by Gasteiger charge is -2.11. The van der Waals surface area contributed by atoms with Gasteiger partial charge in [-0.1, -0.05) is 0 Å². The number of nitrogens with one attached hydrogen (secondary N) is 2. The third-order valence-electron chi connectivity index (χ3n) is 4.10. The molecule has 3 aromatic heterocycles. The Morgan fingerprint density at radius 3 is 2.70 bits per heavy atom. The van der Waals surface area contributed by atoms with Gasteiger partial charge in [0.15, 0.2) is 12.2 Å². The summed E-state index contributed by atoms with van der Waals surface area (Å²) in [4.78, 5) is 24.5. The molecule has 0 saturated carbocycles. The summed E-state index contributed by atoms with van der Waals surface area (Å²) >= 11 is 0. The molecule has 27 heavy (non-hydrogen) atoms. The molecule has 9 nitrogen and oxygen atoms in total. The number of nitrogen functional groups attached to an aromatic ring is 1. The van der Waals surface area contributed by atoms with Gasteiger partial charge in [0.05, 0.1) is 23.6 Å². The summed E-state index contributed by atoms with van der Waals surface area (Å²) in [6, 6.07) is 3.51. The number of nitrogens with two attached hydrogens (primary N) is 1. The van der Waals surface area contributed by atoms with Gasteiger partial charge < -0.3 is 15.5 Å². The maximum absolute atomic E-state index is 12.6. The second-order valence-corrected chi connectivity index (χ2v) is 5.73. The van der Waals surface area contributed by atoms with E-state index in [0.717, 1.165) is 0 Å². The SMILES string of the molecule is Cc1c(C#N)cnc(C(=O)Nc2cc(C(=N)c3cnco3)c(N)cn2)c1C. The number of anilines is 2. The number of pyridine rings is 2. The topological polar surface area (TPSA) is 155 Å². The molecule has 3 rings (SSSR count). The van der Waals surface area contributed by atoms with Crippen molar-refractivity contribution >= 4 is 23.1 Å². The van der Waals surface area contributed by atoms with Gasteiger partial charge >= 0.3 is 0 Å². The van der Waals surface area contributed by atoms with Gasteiger partial charge in [0, 0.05) is 11.8 Å². The zero-order valence-corrected chi connectivity index (χ0v) is 14.6. The number of rotatable bonds is 4. The molecule has 134 valence electrons. The van der Waals surface area contributed by atoms with Gasteiger partial charge in [-0.3, -0.25) is 10.2 Å². The van der Waals surface area contributed by atoms with Crippen molar-refractivity contribution < 1.29 is 9.21 Å². The van der Waals surface area contributed by atoms with Crippen molar-refractivity contribution in [3.05, 3.63) is 64.8 Å². The summed E-state index contributed by atoms with van der Waals surface area (Å²) < 4.78 is 5.11. The van der Waals surface area contributed by atoms with Gasteiger partial charge in [-0.05, 0) is 31.0 Å². The molecule has 0 atom stereocenters. The van der Waals surface area contributed by atoms with Crippen LogP contribution in [0.2, 0.25) is 0 Å². The van der Waals surface area contributed by atoms with Gasteiger partial charge in [0.2, 0.25) is 0 Å². The van der Waals surface area contributed by atoms with Crippen molar-refractivity contribution in [1.29, 1.82) is 10.7 Å². The molecule has 4 N–H and O–H groups in total. The van der Waals surface area contributed by atoms with Gasteiger partial charge in [-0.15, -0.1) is 0 Å². The van der Waals surface area contributed by atoms with Gasteiger partial charge in [-0.2, -0.15) is 5.26 Å². The predicted molar refractivity (Wildman–Crippen MR) is 97.5 cm³/mol. The summed E-state index contributed by atoms with van der Waals surface area (Å²) in [6.45, 7) is 3.48. The summed E-state index contributed by atoms with van der Waals surface area (Å²) in [5.74, 6) is -0.0309. The molecule has 0 bridgehead atoms. The van der Waals surface area contributed by atoms with Crippen LogP contribution in [0.5, 0.6) is 0 Å². The summed E-state index contributed by atoms with van der Waals surface area (Å²) in [6.07, 6.45) is 5.32. The molecule has 0 fully saturated rings. The van der Waals surface area contributed by atoms with Crippen molar-refractivity contribution in [3.63, 3.8) is 0 Å². The molecule has 0 aromatic carbocycles. The van der Waals surface area contributed by atoms with Gasteiger partial charge in [-0.25, -0.2) is 15.0 Å². The lowest BCUT2D eigenvalue weighted by Crippen LogP contribution is -2.18. The quantitative estimate of drug-likeness (QED) is 0.602. The number of oxazole rings is 1. The first-order valence-electron chi connectivity index (χ1n) is 7.83. The molecule has 3 heterocycles. The number of amides is 1. The normalized spacial score (nSPS) is 10.3. The van der Waals surface area contributed by atoms with Gasteiger partial charge in [0.1, 0.15) is 23.3 Å². The molecule has 3 aromatic rings. The maximum Gasteiger partial charge on any atom is 0.275 e. The lowest BCUT2D eigenvalue weighted by molar-refractivity contribution is 0.102. The van der Waals surface area contributed by atoms with Crippen molar-refractivity contribution in [2.75, 3.05) is 11.1 Å². The molecule has 0 radical (unpaired) electrons. The van der Waals surface area contributed by atoms with Crippen LogP contribution >= 0.6 is 0 Å². The average Bonchev–Trinajstić information content (AvgIpc) is 3.19. The Balaban J connectivity index is 1.90. The minimum atomic E-state index is -0.477. The van der Waals surface area contributed by atoms with Crippen LogP contribution in [-0.2, 0) is 0 Å². The Bertz CT molecular complexity index is 1080. The second kappa shape index (κ2) is 7.05. The molecule has 0 aliphatic carbocycles. The number of nitrogens with zero attached hydrogens (tertiary/aromatic N) is 4. The zero-order chi connectivity index (χ0) is 19.6. The summed E-state index contributed by atoms with van der Waals surface area (Å²) in [5, 5.41) is 19.9. The highest BCUT2D eigenvalue weighted by molar-refractivity contribution is 6.13. The van der Waals surface area contributed by atoms with Crippen LogP contribution in [-0.4, -0.2) is 26.6 Å². The first-order valence-corrected chi connectivity index (χ1v) is 7.83. The molecule has 9 heteroatoms. The van der Waals surface area contributed by atoms with Crippen LogP contribution in [0.25, 0.3) is 0 Å². The fourth-order valence-electron chi connectivity index (χ4n) is 2.44. The summed E-state index contributed by atoms with van der Waals surface area (Å²) in [7, 11) is 0. The maximum atomic E-state index is 12.6. The average molecular weight is 361 g/mol. The first kappa shape index (κ1) is 17.8. The Kier molecular flexibility index (Phi) is 4.64. The Labute approximate surface area is 154 Å². The smallest absolute Gasteiger partial charge is 0.275 e. The fraction of sp³-hybridized carbons (Fsp3) is 0.111. The van der Waals surface area contributed by atoms with Crippen molar-refractivity contribution in [2.45, 2.75) is 13.8 Å². The highest BCUT2D eigenvalue weighted by Crippen LogP contribution is 2.20. The number of hydrogen-bond acceptors (Lipinski definition) is 8. The molecular weight excluding hydrogens is 346 g/mol. The standard InChI is InChI=1S/C18H15N7O2/c1-9-10(2)17(24-5-11(9)4-19)18(26)25-15-3-12(13(20)6-23-15)16(21)14-7-22-8-27-14/h3,5-8,21H,20H2,1-2H3,(H,23,25,26). The number of nitriles is 1. The van der Waals surface area contributed by atoms with E-state index < -0.39 is 5.91 Å². The van der Waals surface area contributed by atoms with E-state index in [9.17, 15) is 4.79 Å². The van der Waals surface area contributed by atoms with Crippen LogP contribution in [0.3, 0.4) is 0 Å².